The lowest BCUT2D eigenvalue weighted by Crippen LogP contribution is -2.41. The molecule has 6 rings (SSSR count). The smallest absolute Gasteiger partial charge is 0.530 e. The Morgan fingerprint density at radius 3 is 1.49 bits per heavy atom. The van der Waals surface area contributed by atoms with Gasteiger partial charge in [-0.1, -0.05) is 18.2 Å². The van der Waals surface area contributed by atoms with Crippen LogP contribution < -0.4 is 10.1 Å². The molecule has 0 saturated carbocycles. The molecule has 0 aliphatic heterocycles. The molecule has 0 fully saturated rings. The van der Waals surface area contributed by atoms with Gasteiger partial charge in [0.2, 0.25) is 17.5 Å². The van der Waals surface area contributed by atoms with E-state index in [9.17, 15) is 57.7 Å². The first-order valence-electron chi connectivity index (χ1n) is 12.0. The third-order valence-corrected chi connectivity index (χ3v) is 7.12. The van der Waals surface area contributed by atoms with Gasteiger partial charge in [-0.05, 0) is 16.8 Å². The van der Waals surface area contributed by atoms with Crippen molar-refractivity contribution in [1.29, 1.82) is 0 Å². The predicted molar refractivity (Wildman–Crippen MR) is 130 cm³/mol. The third-order valence-electron chi connectivity index (χ3n) is 7.12. The number of halogens is 14. The van der Waals surface area contributed by atoms with E-state index in [1.54, 1.807) is 0 Å². The molecule has 0 atom stereocenters. The molecule has 0 bridgehead atoms. The van der Waals surface area contributed by atoms with E-state index >= 15 is 8.78 Å². The minimum absolute atomic E-state index is 0.0857. The average Bonchev–Trinajstić information content (AvgIpc) is 3.01. The molecule has 230 valence electrons. The molecule has 0 aliphatic rings. The highest BCUT2D eigenvalue weighted by molar-refractivity contribution is 6.64. The van der Waals surface area contributed by atoms with Crippen LogP contribution in [0.25, 0.3) is 43.4 Å². The van der Waals surface area contributed by atoms with Crippen molar-refractivity contribution in [3.63, 3.8) is 0 Å². The topological polar surface area (TPSA) is 29.5 Å². The zero-order chi connectivity index (χ0) is 33.0. The maximum Gasteiger partial charge on any atom is 0.563 e. The van der Waals surface area contributed by atoms with Crippen LogP contribution in [-0.4, -0.2) is 12.1 Å². The molecule has 0 spiro atoms. The molecule has 45 heavy (non-hydrogen) atoms. The van der Waals surface area contributed by atoms with Crippen molar-refractivity contribution in [3.05, 3.63) is 106 Å². The Kier molecular flexibility index (Phi) is 6.80. The lowest BCUT2D eigenvalue weighted by molar-refractivity contribution is 0.364. The Labute approximate surface area is 239 Å². The van der Waals surface area contributed by atoms with Gasteiger partial charge in [0.25, 0.3) is 0 Å². The minimum atomic E-state index is -3.26. The van der Waals surface area contributed by atoms with Crippen LogP contribution >= 0.6 is 0 Å². The molecule has 1 N–H and O–H groups in total. The lowest BCUT2D eigenvalue weighted by Gasteiger charge is -2.21. The van der Waals surface area contributed by atoms with Gasteiger partial charge in [0.1, 0.15) is 5.82 Å². The van der Waals surface area contributed by atoms with Crippen LogP contribution in [0.5, 0.6) is 5.75 Å². The first kappa shape index (κ1) is 30.2. The molecular weight excluding hydrogens is 645 g/mol. The normalized spacial score (nSPS) is 11.9. The summed E-state index contributed by atoms with van der Waals surface area (Å²) in [5.41, 5.74) is -6.24. The van der Waals surface area contributed by atoms with Crippen LogP contribution in [0, 0.1) is 81.4 Å². The first-order chi connectivity index (χ1) is 21.1. The second kappa shape index (κ2) is 10.1. The van der Waals surface area contributed by atoms with Gasteiger partial charge < -0.3 is 9.68 Å². The molecule has 0 saturated heterocycles. The summed E-state index contributed by atoms with van der Waals surface area (Å²) in [5.74, 6) is -37.6. The van der Waals surface area contributed by atoms with E-state index in [-0.39, 0.29) is 5.39 Å². The number of hydrogen-bond donors (Lipinski definition) is 1. The van der Waals surface area contributed by atoms with Gasteiger partial charge in [-0.15, -0.1) is 0 Å². The first-order valence-corrected chi connectivity index (χ1v) is 12.0. The predicted octanol–water partition coefficient (Wildman–Crippen LogP) is 7.96. The minimum Gasteiger partial charge on any atom is -0.530 e. The van der Waals surface area contributed by atoms with Crippen molar-refractivity contribution < 1.29 is 71.1 Å². The number of benzene rings is 6. The molecule has 0 heterocycles. The van der Waals surface area contributed by atoms with Crippen molar-refractivity contribution in [2.45, 2.75) is 0 Å². The van der Waals surface area contributed by atoms with Crippen LogP contribution in [0.2, 0.25) is 0 Å². The quantitative estimate of drug-likeness (QED) is 0.0690. The molecule has 0 radical (unpaired) electrons. The van der Waals surface area contributed by atoms with Gasteiger partial charge in [0.15, 0.2) is 63.9 Å². The lowest BCUT2D eigenvalue weighted by atomic mass is 9.74. The van der Waals surface area contributed by atoms with Gasteiger partial charge in [0.05, 0.1) is 21.9 Å². The van der Waals surface area contributed by atoms with E-state index in [1.807, 2.05) is 0 Å². The Morgan fingerprint density at radius 1 is 0.422 bits per heavy atom. The summed E-state index contributed by atoms with van der Waals surface area (Å²) in [4.78, 5) is 0. The Bertz CT molecular complexity index is 2240. The maximum absolute atomic E-state index is 15.4. The van der Waals surface area contributed by atoms with Crippen molar-refractivity contribution in [3.8, 4) is 16.9 Å². The fourth-order valence-corrected chi connectivity index (χ4v) is 5.15. The fraction of sp³-hybridized carbons (Fsp3) is 0. The van der Waals surface area contributed by atoms with Crippen molar-refractivity contribution in [2.24, 2.45) is 0 Å². The summed E-state index contributed by atoms with van der Waals surface area (Å²) in [5, 5.41) is 6.02. The van der Waals surface area contributed by atoms with Gasteiger partial charge in [0, 0.05) is 16.2 Å². The van der Waals surface area contributed by atoms with Crippen molar-refractivity contribution in [1.82, 2.24) is 0 Å². The maximum atomic E-state index is 15.4. The monoisotopic (exact) mass is 650 g/mol. The van der Waals surface area contributed by atoms with Crippen molar-refractivity contribution in [2.75, 3.05) is 0 Å². The van der Waals surface area contributed by atoms with Crippen LogP contribution in [0.4, 0.5) is 61.5 Å². The van der Waals surface area contributed by atoms with E-state index in [0.29, 0.717) is 6.07 Å². The number of hydrogen-bond acceptors (Lipinski definition) is 2. The zero-order valence-corrected chi connectivity index (χ0v) is 21.0. The van der Waals surface area contributed by atoms with Gasteiger partial charge in [-0.2, -0.15) is 4.39 Å². The summed E-state index contributed by atoms with van der Waals surface area (Å²) >= 11 is 0. The van der Waals surface area contributed by atoms with E-state index in [2.05, 4.69) is 4.65 Å². The third kappa shape index (κ3) is 3.95. The zero-order valence-electron chi connectivity index (χ0n) is 21.0. The van der Waals surface area contributed by atoms with Gasteiger partial charge in [-0.25, -0.2) is 57.1 Å². The molecular formula is C28H5BF14O2. The van der Waals surface area contributed by atoms with E-state index in [4.69, 9.17) is 0 Å². The molecule has 6 aromatic carbocycles. The molecule has 0 amide bonds. The standard InChI is InChI=1S/C28H5BF14O2/c30-7-4-2-5-1-3-6-9-8(5)10(7)15(31)16(32)11(9)17(33)21(37)14(6)29(44)45-28-13(20(36)24(40)26(42)27(28)43)12-18(34)22(38)25(41)23(39)19(12)35/h1-4,44H. The van der Waals surface area contributed by atoms with Gasteiger partial charge >= 0.3 is 7.12 Å². The highest BCUT2D eigenvalue weighted by Gasteiger charge is 2.39. The highest BCUT2D eigenvalue weighted by Crippen LogP contribution is 2.44. The van der Waals surface area contributed by atoms with Crippen LogP contribution in [0.15, 0.2) is 24.3 Å². The molecule has 2 nitrogen and oxygen atoms in total. The largest absolute Gasteiger partial charge is 0.563 e. The molecule has 0 unspecified atom stereocenters. The summed E-state index contributed by atoms with van der Waals surface area (Å²) in [6.45, 7) is 0. The summed E-state index contributed by atoms with van der Waals surface area (Å²) in [7, 11) is -3.26. The van der Waals surface area contributed by atoms with Crippen LogP contribution in [0.1, 0.15) is 0 Å². The number of rotatable bonds is 4. The van der Waals surface area contributed by atoms with Crippen LogP contribution in [-0.2, 0) is 0 Å². The Morgan fingerprint density at radius 2 is 0.889 bits per heavy atom. The van der Waals surface area contributed by atoms with Crippen LogP contribution in [0.3, 0.4) is 0 Å². The molecule has 6 aromatic rings. The molecule has 0 aromatic heterocycles. The highest BCUT2D eigenvalue weighted by atomic mass is 19.2. The van der Waals surface area contributed by atoms with Crippen molar-refractivity contribution >= 4 is 44.9 Å². The van der Waals surface area contributed by atoms with E-state index in [0.717, 1.165) is 18.2 Å². The van der Waals surface area contributed by atoms with E-state index in [1.165, 1.54) is 0 Å². The second-order valence-corrected chi connectivity index (χ2v) is 9.43. The fourth-order valence-electron chi connectivity index (χ4n) is 5.15. The van der Waals surface area contributed by atoms with E-state index < -0.39 is 138 Å². The summed E-state index contributed by atoms with van der Waals surface area (Å²) in [6.07, 6.45) is 0. The van der Waals surface area contributed by atoms with Gasteiger partial charge in [-0.3, -0.25) is 0 Å². The second-order valence-electron chi connectivity index (χ2n) is 9.43. The average molecular weight is 650 g/mol. The Balaban J connectivity index is 1.67. The molecule has 17 heteroatoms. The summed E-state index contributed by atoms with van der Waals surface area (Å²) in [6, 6.07) is 3.56. The Hall–Kier alpha value is -4.80. The SMILES string of the molecule is OB(Oc1c(F)c(F)c(F)c(F)c1-c1c(F)c(F)c(F)c(F)c1F)c1c(F)c(F)c2c(F)c(F)c3c(F)ccc4ccc1c2c43. The summed E-state index contributed by atoms with van der Waals surface area (Å²) < 4.78 is 208. The molecule has 0 aliphatic carbocycles.